The van der Waals surface area contributed by atoms with E-state index in [0.29, 0.717) is 5.92 Å². The highest BCUT2D eigenvalue weighted by molar-refractivity contribution is 14.0. The van der Waals surface area contributed by atoms with Crippen LogP contribution in [-0.2, 0) is 16.0 Å². The highest BCUT2D eigenvalue weighted by Gasteiger charge is 2.16. The van der Waals surface area contributed by atoms with E-state index >= 15 is 0 Å². The predicted molar refractivity (Wildman–Crippen MR) is 147 cm³/mol. The maximum absolute atomic E-state index is 5.85. The summed E-state index contributed by atoms with van der Waals surface area (Å²) in [5.74, 6) is 1.59. The van der Waals surface area contributed by atoms with Gasteiger partial charge >= 0.3 is 0 Å². The second kappa shape index (κ2) is 17.5. The number of piperazine rings is 1. The smallest absolute Gasteiger partial charge is 0.191 e. The fourth-order valence-electron chi connectivity index (χ4n) is 4.21. The average molecular weight is 574 g/mol. The molecule has 2 aliphatic heterocycles. The molecule has 0 saturated carbocycles. The molecule has 0 unspecified atom stereocenters. The summed E-state index contributed by atoms with van der Waals surface area (Å²) in [6.07, 6.45) is 3.23. The van der Waals surface area contributed by atoms with Gasteiger partial charge in [-0.05, 0) is 37.7 Å². The van der Waals surface area contributed by atoms with E-state index in [-0.39, 0.29) is 24.0 Å². The molecule has 0 bridgehead atoms. The minimum atomic E-state index is 0. The number of hydrogen-bond donors (Lipinski definition) is 2. The number of aliphatic imine (C=N–C) groups is 1. The molecule has 0 radical (unpaired) electrons. The summed E-state index contributed by atoms with van der Waals surface area (Å²) in [7, 11) is 0. The van der Waals surface area contributed by atoms with Crippen molar-refractivity contribution in [2.24, 2.45) is 10.9 Å². The van der Waals surface area contributed by atoms with E-state index in [0.717, 1.165) is 111 Å². The molecule has 2 aliphatic rings. The van der Waals surface area contributed by atoms with Crippen LogP contribution in [0.25, 0.3) is 0 Å². The lowest BCUT2D eigenvalue weighted by atomic mass is 10.0. The van der Waals surface area contributed by atoms with E-state index in [9.17, 15) is 0 Å². The van der Waals surface area contributed by atoms with Crippen LogP contribution in [0, 0.1) is 5.92 Å². The lowest BCUT2D eigenvalue weighted by Crippen LogP contribution is -2.49. The molecular formula is C25H44IN5O2. The second-order valence-corrected chi connectivity index (χ2v) is 8.78. The second-order valence-electron chi connectivity index (χ2n) is 8.78. The Hall–Kier alpha value is -0.940. The first-order chi connectivity index (χ1) is 15.8. The van der Waals surface area contributed by atoms with E-state index in [1.807, 2.05) is 0 Å². The van der Waals surface area contributed by atoms with Crippen LogP contribution < -0.4 is 10.6 Å². The standard InChI is InChI=1S/C25H43N5O2.HI/c1-2-26-25(27-11-6-18-32-22-24-9-19-31-20-10-24)28-12-13-29-14-16-30(17-15-29)21-23-7-4-3-5-8-23;/h3-5,7-8,24H,2,6,9-22H2,1H3,(H2,26,27,28);1H. The van der Waals surface area contributed by atoms with Crippen molar-refractivity contribution in [3.8, 4) is 0 Å². The summed E-state index contributed by atoms with van der Waals surface area (Å²) in [4.78, 5) is 9.80. The highest BCUT2D eigenvalue weighted by atomic mass is 127. The van der Waals surface area contributed by atoms with Crippen molar-refractivity contribution < 1.29 is 9.47 Å². The van der Waals surface area contributed by atoms with Crippen LogP contribution >= 0.6 is 24.0 Å². The summed E-state index contributed by atoms with van der Waals surface area (Å²) < 4.78 is 11.2. The zero-order chi connectivity index (χ0) is 22.3. The van der Waals surface area contributed by atoms with Crippen molar-refractivity contribution in [3.63, 3.8) is 0 Å². The van der Waals surface area contributed by atoms with Crippen LogP contribution in [0.3, 0.4) is 0 Å². The van der Waals surface area contributed by atoms with Crippen molar-refractivity contribution in [2.75, 3.05) is 78.8 Å². The van der Waals surface area contributed by atoms with Gasteiger partial charge in [0.05, 0.1) is 0 Å². The van der Waals surface area contributed by atoms with E-state index < -0.39 is 0 Å². The molecule has 1 aromatic carbocycles. The Balaban J connectivity index is 0.00000385. The minimum absolute atomic E-state index is 0. The molecule has 2 N–H and O–H groups in total. The molecule has 0 spiro atoms. The van der Waals surface area contributed by atoms with Crippen LogP contribution in [0.2, 0.25) is 0 Å². The molecule has 7 nitrogen and oxygen atoms in total. The number of nitrogens with one attached hydrogen (secondary N) is 2. The van der Waals surface area contributed by atoms with E-state index in [2.05, 4.69) is 57.7 Å². The zero-order valence-corrected chi connectivity index (χ0v) is 22.7. The van der Waals surface area contributed by atoms with Gasteiger partial charge in [-0.15, -0.1) is 24.0 Å². The third kappa shape index (κ3) is 11.8. The maximum Gasteiger partial charge on any atom is 0.191 e. The molecule has 33 heavy (non-hydrogen) atoms. The van der Waals surface area contributed by atoms with Gasteiger partial charge in [0, 0.05) is 85.3 Å². The normalized spacial score (nSPS) is 18.6. The van der Waals surface area contributed by atoms with E-state index in [1.165, 1.54) is 5.56 Å². The Bertz CT molecular complexity index is 635. The third-order valence-corrected chi connectivity index (χ3v) is 6.19. The van der Waals surface area contributed by atoms with E-state index in [4.69, 9.17) is 14.5 Å². The Labute approximate surface area is 217 Å². The molecule has 0 amide bonds. The summed E-state index contributed by atoms with van der Waals surface area (Å²) >= 11 is 0. The molecule has 0 aliphatic carbocycles. The predicted octanol–water partition coefficient (Wildman–Crippen LogP) is 2.81. The van der Waals surface area contributed by atoms with Crippen molar-refractivity contribution in [2.45, 2.75) is 32.7 Å². The van der Waals surface area contributed by atoms with Gasteiger partial charge in [0.2, 0.25) is 0 Å². The topological polar surface area (TPSA) is 61.4 Å². The number of halogens is 1. The van der Waals surface area contributed by atoms with Crippen LogP contribution in [-0.4, -0.2) is 94.5 Å². The number of benzene rings is 1. The Kier molecular flexibility index (Phi) is 15.0. The van der Waals surface area contributed by atoms with Crippen LogP contribution in [0.1, 0.15) is 31.7 Å². The lowest BCUT2D eigenvalue weighted by Gasteiger charge is -2.34. The van der Waals surface area contributed by atoms with Gasteiger partial charge in [0.1, 0.15) is 0 Å². The van der Waals surface area contributed by atoms with Gasteiger partial charge in [-0.25, -0.2) is 0 Å². The molecule has 0 atom stereocenters. The molecule has 2 saturated heterocycles. The Morgan fingerprint density at radius 1 is 1.06 bits per heavy atom. The molecule has 8 heteroatoms. The zero-order valence-electron chi connectivity index (χ0n) is 20.3. The first kappa shape index (κ1) is 28.3. The maximum atomic E-state index is 5.85. The number of hydrogen-bond acceptors (Lipinski definition) is 5. The van der Waals surface area contributed by atoms with Crippen molar-refractivity contribution in [3.05, 3.63) is 35.9 Å². The fourth-order valence-corrected chi connectivity index (χ4v) is 4.21. The largest absolute Gasteiger partial charge is 0.381 e. The van der Waals surface area contributed by atoms with Gasteiger partial charge < -0.3 is 20.1 Å². The quantitative estimate of drug-likeness (QED) is 0.174. The molecule has 2 fully saturated rings. The van der Waals surface area contributed by atoms with Crippen molar-refractivity contribution >= 4 is 29.9 Å². The lowest BCUT2D eigenvalue weighted by molar-refractivity contribution is 0.0205. The molecule has 3 rings (SSSR count). The van der Waals surface area contributed by atoms with Crippen molar-refractivity contribution in [1.29, 1.82) is 0 Å². The van der Waals surface area contributed by atoms with Gasteiger partial charge in [-0.2, -0.15) is 0 Å². The Morgan fingerprint density at radius 3 is 2.52 bits per heavy atom. The van der Waals surface area contributed by atoms with Gasteiger partial charge in [0.25, 0.3) is 0 Å². The number of rotatable bonds is 12. The highest BCUT2D eigenvalue weighted by Crippen LogP contribution is 2.14. The molecule has 2 heterocycles. The first-order valence-electron chi connectivity index (χ1n) is 12.5. The fraction of sp³-hybridized carbons (Fsp3) is 0.720. The Morgan fingerprint density at radius 2 is 1.79 bits per heavy atom. The SMILES string of the molecule is CCNC(=NCCCOCC1CCOCC1)NCCN1CCN(Cc2ccccc2)CC1.I. The summed E-state index contributed by atoms with van der Waals surface area (Å²) in [6.45, 7) is 14.8. The van der Waals surface area contributed by atoms with Gasteiger partial charge in [0.15, 0.2) is 5.96 Å². The molecule has 188 valence electrons. The van der Waals surface area contributed by atoms with Crippen LogP contribution in [0.5, 0.6) is 0 Å². The van der Waals surface area contributed by atoms with Crippen LogP contribution in [0.4, 0.5) is 0 Å². The summed E-state index contributed by atoms with van der Waals surface area (Å²) in [5.41, 5.74) is 1.41. The van der Waals surface area contributed by atoms with Gasteiger partial charge in [-0.3, -0.25) is 14.8 Å². The number of ether oxygens (including phenoxy) is 2. The van der Waals surface area contributed by atoms with Gasteiger partial charge in [-0.1, -0.05) is 30.3 Å². The number of guanidine groups is 1. The molecule has 0 aromatic heterocycles. The molecule has 1 aromatic rings. The third-order valence-electron chi connectivity index (χ3n) is 6.19. The van der Waals surface area contributed by atoms with Crippen molar-refractivity contribution in [1.82, 2.24) is 20.4 Å². The summed E-state index contributed by atoms with van der Waals surface area (Å²) in [6, 6.07) is 10.8. The first-order valence-corrected chi connectivity index (χ1v) is 12.5. The number of nitrogens with zero attached hydrogens (tertiary/aromatic N) is 3. The minimum Gasteiger partial charge on any atom is -0.381 e. The van der Waals surface area contributed by atoms with Crippen LogP contribution in [0.15, 0.2) is 35.3 Å². The van der Waals surface area contributed by atoms with E-state index in [1.54, 1.807) is 0 Å². The molecular weight excluding hydrogens is 529 g/mol. The average Bonchev–Trinajstić information content (AvgIpc) is 2.83. The summed E-state index contributed by atoms with van der Waals surface area (Å²) in [5, 5.41) is 6.85. The monoisotopic (exact) mass is 573 g/mol.